The Balaban J connectivity index is 2.10. The van der Waals surface area contributed by atoms with Crippen LogP contribution in [0.2, 0.25) is 5.15 Å². The molecule has 2 amide bonds. The Bertz CT molecular complexity index is 362. The van der Waals surface area contributed by atoms with Crippen LogP contribution in [-0.4, -0.2) is 29.9 Å². The number of thioether (sulfide) groups is 1. The van der Waals surface area contributed by atoms with Crippen LogP contribution in [0.25, 0.3) is 0 Å². The molecule has 0 unspecified atom stereocenters. The molecule has 0 fully saturated rings. The lowest BCUT2D eigenvalue weighted by Crippen LogP contribution is -2.36. The lowest BCUT2D eigenvalue weighted by molar-refractivity contribution is 0.242. The Morgan fingerprint density at radius 2 is 2.35 bits per heavy atom. The molecule has 1 aromatic heterocycles. The molecule has 94 valence electrons. The fraction of sp³-hybridized carbons (Fsp3) is 0.455. The van der Waals surface area contributed by atoms with Gasteiger partial charge in [-0.05, 0) is 24.6 Å². The number of rotatable bonds is 6. The van der Waals surface area contributed by atoms with Gasteiger partial charge in [0.25, 0.3) is 0 Å². The fourth-order valence-corrected chi connectivity index (χ4v) is 2.18. The molecule has 0 atom stereocenters. The summed E-state index contributed by atoms with van der Waals surface area (Å²) in [5.74, 6) is 1.75. The molecule has 2 N–H and O–H groups in total. The molecule has 0 aliphatic heterocycles. The van der Waals surface area contributed by atoms with Crippen molar-refractivity contribution in [1.29, 1.82) is 0 Å². The van der Waals surface area contributed by atoms with Crippen molar-refractivity contribution < 1.29 is 4.79 Å². The molecular formula is C11H16ClN3OS. The lowest BCUT2D eigenvalue weighted by atomic mass is 10.3. The van der Waals surface area contributed by atoms with Gasteiger partial charge in [0, 0.05) is 30.8 Å². The van der Waals surface area contributed by atoms with Gasteiger partial charge in [-0.15, -0.1) is 0 Å². The smallest absolute Gasteiger partial charge is 0.314 e. The van der Waals surface area contributed by atoms with Crippen molar-refractivity contribution in [2.24, 2.45) is 0 Å². The quantitative estimate of drug-likeness (QED) is 0.618. The van der Waals surface area contributed by atoms with E-state index in [2.05, 4.69) is 15.6 Å². The summed E-state index contributed by atoms with van der Waals surface area (Å²) >= 11 is 7.52. The van der Waals surface area contributed by atoms with Gasteiger partial charge in [0.1, 0.15) is 5.15 Å². The van der Waals surface area contributed by atoms with Crippen LogP contribution < -0.4 is 10.6 Å². The third-order valence-corrected chi connectivity index (χ3v) is 3.17. The molecule has 17 heavy (non-hydrogen) atoms. The molecule has 1 rings (SSSR count). The first-order valence-corrected chi connectivity index (χ1v) is 6.95. The van der Waals surface area contributed by atoms with Gasteiger partial charge in [-0.25, -0.2) is 9.78 Å². The third kappa shape index (κ3) is 6.38. The third-order valence-electron chi connectivity index (χ3n) is 1.93. The van der Waals surface area contributed by atoms with Crippen molar-refractivity contribution >= 4 is 29.4 Å². The second kappa shape index (κ2) is 8.20. The first-order chi connectivity index (χ1) is 8.22. The molecule has 0 saturated heterocycles. The monoisotopic (exact) mass is 273 g/mol. The Morgan fingerprint density at radius 3 is 3.06 bits per heavy atom. The summed E-state index contributed by atoms with van der Waals surface area (Å²) in [5, 5.41) is 5.97. The molecule has 0 saturated carbocycles. The molecule has 0 radical (unpaired) electrons. The number of nitrogens with zero attached hydrogens (tertiary/aromatic N) is 1. The van der Waals surface area contributed by atoms with Crippen LogP contribution in [-0.2, 0) is 5.75 Å². The van der Waals surface area contributed by atoms with Gasteiger partial charge in [-0.2, -0.15) is 11.8 Å². The van der Waals surface area contributed by atoms with Gasteiger partial charge in [0.2, 0.25) is 0 Å². The van der Waals surface area contributed by atoms with E-state index in [1.165, 1.54) is 0 Å². The van der Waals surface area contributed by atoms with E-state index < -0.39 is 0 Å². The van der Waals surface area contributed by atoms with Crippen LogP contribution in [0.5, 0.6) is 0 Å². The van der Waals surface area contributed by atoms with Crippen molar-refractivity contribution in [1.82, 2.24) is 15.6 Å². The van der Waals surface area contributed by atoms with Crippen molar-refractivity contribution in [3.63, 3.8) is 0 Å². The van der Waals surface area contributed by atoms with E-state index in [9.17, 15) is 4.79 Å². The highest BCUT2D eigenvalue weighted by atomic mass is 35.5. The minimum atomic E-state index is -0.111. The molecule has 1 aromatic rings. The van der Waals surface area contributed by atoms with Crippen LogP contribution >= 0.6 is 23.4 Å². The zero-order valence-electron chi connectivity index (χ0n) is 9.70. The van der Waals surface area contributed by atoms with E-state index in [0.717, 1.165) is 17.1 Å². The minimum absolute atomic E-state index is 0.111. The highest BCUT2D eigenvalue weighted by Crippen LogP contribution is 2.13. The van der Waals surface area contributed by atoms with E-state index in [1.54, 1.807) is 18.0 Å². The van der Waals surface area contributed by atoms with Crippen molar-refractivity contribution in [3.8, 4) is 0 Å². The minimum Gasteiger partial charge on any atom is -0.338 e. The van der Waals surface area contributed by atoms with Crippen molar-refractivity contribution in [3.05, 3.63) is 29.0 Å². The number of carbonyl (C=O) groups excluding carboxylic acids is 1. The Hall–Kier alpha value is -0.940. The number of halogens is 1. The first kappa shape index (κ1) is 14.1. The molecule has 0 bridgehead atoms. The SMILES string of the molecule is CCNC(=O)NCCSCc1ccnc(Cl)c1. The van der Waals surface area contributed by atoms with Gasteiger partial charge < -0.3 is 10.6 Å². The summed E-state index contributed by atoms with van der Waals surface area (Å²) in [6.45, 7) is 3.20. The van der Waals surface area contributed by atoms with Crippen LogP contribution in [0.1, 0.15) is 12.5 Å². The van der Waals surface area contributed by atoms with Gasteiger partial charge in [0.15, 0.2) is 0 Å². The van der Waals surface area contributed by atoms with Crippen molar-refractivity contribution in [2.45, 2.75) is 12.7 Å². The zero-order valence-corrected chi connectivity index (χ0v) is 11.3. The van der Waals surface area contributed by atoms with Crippen LogP contribution in [0, 0.1) is 0 Å². The van der Waals surface area contributed by atoms with Crippen molar-refractivity contribution in [2.75, 3.05) is 18.8 Å². The van der Waals surface area contributed by atoms with Crippen LogP contribution in [0.3, 0.4) is 0 Å². The predicted molar refractivity (Wildman–Crippen MR) is 72.5 cm³/mol. The van der Waals surface area contributed by atoms with Gasteiger partial charge in [0.05, 0.1) is 0 Å². The topological polar surface area (TPSA) is 54.0 Å². The van der Waals surface area contributed by atoms with Gasteiger partial charge >= 0.3 is 6.03 Å². The number of urea groups is 1. The molecule has 0 aliphatic carbocycles. The number of nitrogens with one attached hydrogen (secondary N) is 2. The van der Waals surface area contributed by atoms with E-state index in [0.29, 0.717) is 18.2 Å². The average Bonchev–Trinajstić information content (AvgIpc) is 2.29. The first-order valence-electron chi connectivity index (χ1n) is 5.42. The summed E-state index contributed by atoms with van der Waals surface area (Å²) in [7, 11) is 0. The molecule has 0 aliphatic rings. The lowest BCUT2D eigenvalue weighted by Gasteiger charge is -2.05. The maximum atomic E-state index is 11.1. The zero-order chi connectivity index (χ0) is 12.5. The van der Waals surface area contributed by atoms with Crippen LogP contribution in [0.4, 0.5) is 4.79 Å². The van der Waals surface area contributed by atoms with E-state index in [4.69, 9.17) is 11.6 Å². The molecule has 0 aromatic carbocycles. The summed E-state index contributed by atoms with van der Waals surface area (Å²) in [5.41, 5.74) is 1.15. The highest BCUT2D eigenvalue weighted by molar-refractivity contribution is 7.98. The second-order valence-corrected chi connectivity index (χ2v) is 4.82. The predicted octanol–water partition coefficient (Wildman–Crippen LogP) is 2.29. The molecule has 1 heterocycles. The maximum absolute atomic E-state index is 11.1. The molecule has 6 heteroatoms. The number of aromatic nitrogens is 1. The summed E-state index contributed by atoms with van der Waals surface area (Å²) in [4.78, 5) is 15.0. The summed E-state index contributed by atoms with van der Waals surface area (Å²) in [6, 6.07) is 3.68. The van der Waals surface area contributed by atoms with Gasteiger partial charge in [-0.1, -0.05) is 11.6 Å². The Kier molecular flexibility index (Phi) is 6.81. The highest BCUT2D eigenvalue weighted by Gasteiger charge is 1.98. The summed E-state index contributed by atoms with van der Waals surface area (Å²) < 4.78 is 0. The van der Waals surface area contributed by atoms with E-state index >= 15 is 0 Å². The molecule has 0 spiro atoms. The number of carbonyl (C=O) groups is 1. The largest absolute Gasteiger partial charge is 0.338 e. The normalized spacial score (nSPS) is 10.0. The number of hydrogen-bond acceptors (Lipinski definition) is 3. The molecular weight excluding hydrogens is 258 g/mol. The maximum Gasteiger partial charge on any atom is 0.314 e. The van der Waals surface area contributed by atoms with Gasteiger partial charge in [-0.3, -0.25) is 0 Å². The second-order valence-electron chi connectivity index (χ2n) is 3.33. The van der Waals surface area contributed by atoms with Crippen LogP contribution in [0.15, 0.2) is 18.3 Å². The standard InChI is InChI=1S/C11H16ClN3OS/c1-2-13-11(16)15-5-6-17-8-9-3-4-14-10(12)7-9/h3-4,7H,2,5-6,8H2,1H3,(H2,13,15,16). The average molecular weight is 274 g/mol. The Morgan fingerprint density at radius 1 is 1.53 bits per heavy atom. The number of hydrogen-bond donors (Lipinski definition) is 2. The number of amides is 2. The molecule has 4 nitrogen and oxygen atoms in total. The van der Waals surface area contributed by atoms with E-state index in [-0.39, 0.29) is 6.03 Å². The fourth-order valence-electron chi connectivity index (χ4n) is 1.18. The van der Waals surface area contributed by atoms with E-state index in [1.807, 2.05) is 19.1 Å². The Labute approximate surface area is 111 Å². The number of pyridine rings is 1. The summed E-state index contributed by atoms with van der Waals surface area (Å²) in [6.07, 6.45) is 1.70.